The van der Waals surface area contributed by atoms with Gasteiger partial charge in [0.15, 0.2) is 11.5 Å². The van der Waals surface area contributed by atoms with E-state index in [1.165, 1.54) is 51.0 Å². The average molecular weight is 481 g/mol. The number of aromatic nitrogens is 2. The molecule has 1 fully saturated rings. The van der Waals surface area contributed by atoms with Crippen LogP contribution in [0.3, 0.4) is 0 Å². The van der Waals surface area contributed by atoms with Gasteiger partial charge in [-0.05, 0) is 63.5 Å². The van der Waals surface area contributed by atoms with Crippen molar-refractivity contribution in [2.75, 3.05) is 51.0 Å². The van der Waals surface area contributed by atoms with Crippen molar-refractivity contribution in [3.05, 3.63) is 46.5 Å². The van der Waals surface area contributed by atoms with Crippen LogP contribution in [0.4, 0.5) is 23.1 Å². The second-order valence-electron chi connectivity index (χ2n) is 8.59. The molecular weight excluding hydrogens is 448 g/mol. The van der Waals surface area contributed by atoms with Crippen LogP contribution in [0.1, 0.15) is 32.1 Å². The highest BCUT2D eigenvalue weighted by atomic mass is 16.6. The van der Waals surface area contributed by atoms with E-state index in [0.29, 0.717) is 34.5 Å². The summed E-state index contributed by atoms with van der Waals surface area (Å²) in [4.78, 5) is 22.4. The largest absolute Gasteiger partial charge is 0.493 e. The summed E-state index contributed by atoms with van der Waals surface area (Å²) in [5.74, 6) is 2.26. The van der Waals surface area contributed by atoms with E-state index >= 15 is 0 Å². The van der Waals surface area contributed by atoms with E-state index in [4.69, 9.17) is 14.5 Å². The van der Waals surface area contributed by atoms with Crippen molar-refractivity contribution >= 4 is 34.0 Å². The number of nitrogens with zero attached hydrogens (tertiary/aromatic N) is 4. The molecule has 0 saturated carbocycles. The molecule has 0 radical (unpaired) electrons. The minimum absolute atomic E-state index is 0.0268. The van der Waals surface area contributed by atoms with Gasteiger partial charge in [0.05, 0.1) is 24.7 Å². The lowest BCUT2D eigenvalue weighted by Gasteiger charge is -2.15. The Balaban J connectivity index is 1.50. The average Bonchev–Trinajstić information content (AvgIpc) is 3.39. The summed E-state index contributed by atoms with van der Waals surface area (Å²) in [5.41, 5.74) is 1.38. The lowest BCUT2D eigenvalue weighted by Crippen LogP contribution is -2.20. The molecule has 1 saturated heterocycles. The zero-order valence-corrected chi connectivity index (χ0v) is 20.2. The third kappa shape index (κ3) is 6.27. The van der Waals surface area contributed by atoms with Crippen LogP contribution >= 0.6 is 0 Å². The van der Waals surface area contributed by atoms with Crippen LogP contribution in [0.25, 0.3) is 10.9 Å². The number of methoxy groups -OCH3 is 2. The Morgan fingerprint density at radius 3 is 2.40 bits per heavy atom. The summed E-state index contributed by atoms with van der Waals surface area (Å²) in [6, 6.07) is 9.84. The van der Waals surface area contributed by atoms with E-state index in [1.54, 1.807) is 26.4 Å². The van der Waals surface area contributed by atoms with Crippen LogP contribution in [0.5, 0.6) is 11.5 Å². The quantitative estimate of drug-likeness (QED) is 0.210. The first kappa shape index (κ1) is 24.5. The molecule has 0 unspecified atom stereocenters. The zero-order valence-electron chi connectivity index (χ0n) is 20.2. The Bertz CT molecular complexity index is 1150. The van der Waals surface area contributed by atoms with Crippen molar-refractivity contribution in [1.29, 1.82) is 0 Å². The van der Waals surface area contributed by atoms with Gasteiger partial charge in [-0.2, -0.15) is 4.98 Å². The standard InChI is InChI=1S/C25H32N6O4/c1-34-22-16-20-21(17-23(22)35-2)28-25(27-18-8-10-19(11-9-18)31(32)33)29-24(20)26-12-4-3-5-13-30-14-6-7-15-30/h8-11,16-17H,3-7,12-15H2,1-2H3,(H2,26,27,28,29). The van der Waals surface area contributed by atoms with Gasteiger partial charge < -0.3 is 25.0 Å². The van der Waals surface area contributed by atoms with Crippen molar-refractivity contribution in [3.8, 4) is 11.5 Å². The molecule has 0 amide bonds. The van der Waals surface area contributed by atoms with Crippen molar-refractivity contribution in [3.63, 3.8) is 0 Å². The third-order valence-electron chi connectivity index (χ3n) is 6.18. The molecule has 0 spiro atoms. The van der Waals surface area contributed by atoms with E-state index in [1.807, 2.05) is 12.1 Å². The summed E-state index contributed by atoms with van der Waals surface area (Å²) in [5, 5.41) is 18.4. The molecule has 0 atom stereocenters. The van der Waals surface area contributed by atoms with Gasteiger partial charge in [-0.25, -0.2) is 4.98 Å². The SMILES string of the molecule is COc1cc2nc(Nc3ccc([N+](=O)[O-])cc3)nc(NCCCCCN3CCCC3)c2cc1OC. The molecule has 1 aliphatic heterocycles. The van der Waals surface area contributed by atoms with Crippen molar-refractivity contribution in [2.24, 2.45) is 0 Å². The number of hydrogen-bond donors (Lipinski definition) is 2. The van der Waals surface area contributed by atoms with Crippen LogP contribution in [-0.2, 0) is 0 Å². The maximum Gasteiger partial charge on any atom is 0.269 e. The summed E-state index contributed by atoms with van der Waals surface area (Å²) in [6.07, 6.45) is 6.04. The molecule has 0 bridgehead atoms. The maximum absolute atomic E-state index is 10.9. The minimum Gasteiger partial charge on any atom is -0.493 e. The molecule has 4 rings (SSSR count). The van der Waals surface area contributed by atoms with Gasteiger partial charge in [-0.15, -0.1) is 0 Å². The summed E-state index contributed by atoms with van der Waals surface area (Å²) >= 11 is 0. The highest BCUT2D eigenvalue weighted by molar-refractivity contribution is 5.93. The zero-order chi connectivity index (χ0) is 24.6. The summed E-state index contributed by atoms with van der Waals surface area (Å²) in [7, 11) is 3.19. The third-order valence-corrected chi connectivity index (χ3v) is 6.18. The number of fused-ring (bicyclic) bond motifs is 1. The maximum atomic E-state index is 10.9. The number of nitrogens with one attached hydrogen (secondary N) is 2. The molecule has 1 aromatic heterocycles. The van der Waals surface area contributed by atoms with Crippen molar-refractivity contribution in [1.82, 2.24) is 14.9 Å². The number of anilines is 3. The number of hydrogen-bond acceptors (Lipinski definition) is 9. The smallest absolute Gasteiger partial charge is 0.269 e. The first-order chi connectivity index (χ1) is 17.1. The molecule has 3 aromatic rings. The van der Waals surface area contributed by atoms with E-state index in [0.717, 1.165) is 24.8 Å². The Morgan fingerprint density at radius 1 is 1.00 bits per heavy atom. The Hall–Kier alpha value is -3.66. The molecule has 10 heteroatoms. The second kappa shape index (κ2) is 11.7. The van der Waals surface area contributed by atoms with Crippen molar-refractivity contribution in [2.45, 2.75) is 32.1 Å². The molecule has 35 heavy (non-hydrogen) atoms. The number of rotatable bonds is 12. The van der Waals surface area contributed by atoms with Crippen LogP contribution in [-0.4, -0.2) is 60.2 Å². The molecule has 0 aliphatic carbocycles. The first-order valence-corrected chi connectivity index (χ1v) is 12.0. The van der Waals surface area contributed by atoms with Gasteiger partial charge in [-0.3, -0.25) is 10.1 Å². The summed E-state index contributed by atoms with van der Waals surface area (Å²) in [6.45, 7) is 4.44. The molecule has 2 aromatic carbocycles. The molecule has 10 nitrogen and oxygen atoms in total. The van der Waals surface area contributed by atoms with Gasteiger partial charge in [0.25, 0.3) is 5.69 Å². The van der Waals surface area contributed by atoms with E-state index < -0.39 is 4.92 Å². The number of ether oxygens (including phenoxy) is 2. The minimum atomic E-state index is -0.427. The van der Waals surface area contributed by atoms with Gasteiger partial charge in [-0.1, -0.05) is 6.42 Å². The van der Waals surface area contributed by atoms with Gasteiger partial charge >= 0.3 is 0 Å². The molecule has 1 aliphatic rings. The Morgan fingerprint density at radius 2 is 1.71 bits per heavy atom. The molecule has 2 N–H and O–H groups in total. The van der Waals surface area contributed by atoms with Crippen LogP contribution in [0.2, 0.25) is 0 Å². The number of benzene rings is 2. The number of nitro groups is 1. The van der Waals surface area contributed by atoms with Crippen LogP contribution in [0, 0.1) is 10.1 Å². The van der Waals surface area contributed by atoms with Crippen LogP contribution in [0.15, 0.2) is 36.4 Å². The second-order valence-corrected chi connectivity index (χ2v) is 8.59. The fraction of sp³-hybridized carbons (Fsp3) is 0.440. The van der Waals surface area contributed by atoms with Crippen molar-refractivity contribution < 1.29 is 14.4 Å². The number of unbranched alkanes of at least 4 members (excludes halogenated alkanes) is 2. The van der Waals surface area contributed by atoms with Gasteiger partial charge in [0.2, 0.25) is 5.95 Å². The van der Waals surface area contributed by atoms with E-state index in [9.17, 15) is 10.1 Å². The monoisotopic (exact) mass is 480 g/mol. The lowest BCUT2D eigenvalue weighted by molar-refractivity contribution is -0.384. The fourth-order valence-electron chi connectivity index (χ4n) is 4.29. The normalized spacial score (nSPS) is 13.7. The lowest BCUT2D eigenvalue weighted by atomic mass is 10.2. The van der Waals surface area contributed by atoms with E-state index in [-0.39, 0.29) is 5.69 Å². The van der Waals surface area contributed by atoms with Gasteiger partial charge in [0, 0.05) is 35.8 Å². The van der Waals surface area contributed by atoms with E-state index in [2.05, 4.69) is 20.5 Å². The first-order valence-electron chi connectivity index (χ1n) is 12.0. The molecule has 2 heterocycles. The predicted octanol–water partition coefficient (Wildman–Crippen LogP) is 4.98. The molecule has 186 valence electrons. The summed E-state index contributed by atoms with van der Waals surface area (Å²) < 4.78 is 10.9. The Labute approximate surface area is 204 Å². The number of nitro benzene ring substituents is 1. The predicted molar refractivity (Wildman–Crippen MR) is 137 cm³/mol. The van der Waals surface area contributed by atoms with Crippen LogP contribution < -0.4 is 20.1 Å². The topological polar surface area (TPSA) is 115 Å². The highest BCUT2D eigenvalue weighted by Gasteiger charge is 2.14. The fourth-order valence-corrected chi connectivity index (χ4v) is 4.29. The number of non-ortho nitro benzene ring substituents is 1. The highest BCUT2D eigenvalue weighted by Crippen LogP contribution is 2.35. The number of likely N-dealkylation sites (tertiary alicyclic amines) is 1. The van der Waals surface area contributed by atoms with Gasteiger partial charge in [0.1, 0.15) is 5.82 Å². The molecular formula is C25H32N6O4. The Kier molecular flexibility index (Phi) is 8.15.